The first-order valence-corrected chi connectivity index (χ1v) is 6.71. The molecule has 0 radical (unpaired) electrons. The van der Waals surface area contributed by atoms with Crippen LogP contribution >= 0.6 is 0 Å². The molecule has 2 rings (SSSR count). The minimum atomic E-state index is 0.550. The van der Waals surface area contributed by atoms with Crippen LogP contribution in [0.25, 0.3) is 0 Å². The molecule has 0 amide bonds. The summed E-state index contributed by atoms with van der Waals surface area (Å²) in [7, 11) is 0. The smallest absolute Gasteiger partial charge is 0.125 e. The van der Waals surface area contributed by atoms with Gasteiger partial charge in [0.05, 0.1) is 11.6 Å². The van der Waals surface area contributed by atoms with Crippen LogP contribution in [0.15, 0.2) is 30.3 Å². The van der Waals surface area contributed by atoms with Crippen LogP contribution in [0.1, 0.15) is 33.4 Å². The number of nitriles is 1. The highest BCUT2D eigenvalue weighted by Gasteiger charge is 2.07. The Morgan fingerprint density at radius 2 is 1.55 bits per heavy atom. The molecular weight excluding hydrogens is 246 g/mol. The molecule has 0 bridgehead atoms. The second-order valence-corrected chi connectivity index (χ2v) is 5.26. The zero-order valence-corrected chi connectivity index (χ0v) is 12.4. The highest BCUT2D eigenvalue weighted by molar-refractivity contribution is 5.47. The van der Waals surface area contributed by atoms with Crippen LogP contribution in [0.3, 0.4) is 0 Å². The van der Waals surface area contributed by atoms with Crippen LogP contribution in [0, 0.1) is 39.0 Å². The van der Waals surface area contributed by atoms with E-state index >= 15 is 0 Å². The molecule has 0 N–H and O–H groups in total. The van der Waals surface area contributed by atoms with Gasteiger partial charge in [0.2, 0.25) is 0 Å². The molecule has 0 aromatic heterocycles. The molecule has 0 aliphatic carbocycles. The van der Waals surface area contributed by atoms with Gasteiger partial charge in [-0.05, 0) is 67.6 Å². The van der Waals surface area contributed by atoms with Gasteiger partial charge in [-0.2, -0.15) is 5.26 Å². The van der Waals surface area contributed by atoms with Crippen molar-refractivity contribution in [3.63, 3.8) is 0 Å². The van der Waals surface area contributed by atoms with Crippen molar-refractivity contribution in [2.45, 2.75) is 34.3 Å². The fourth-order valence-electron chi connectivity index (χ4n) is 2.29. The van der Waals surface area contributed by atoms with Gasteiger partial charge in [0.1, 0.15) is 12.4 Å². The van der Waals surface area contributed by atoms with Gasteiger partial charge in [-0.25, -0.2) is 0 Å². The first-order chi connectivity index (χ1) is 9.51. The van der Waals surface area contributed by atoms with Crippen molar-refractivity contribution in [2.24, 2.45) is 0 Å². The van der Waals surface area contributed by atoms with E-state index in [1.54, 1.807) is 0 Å². The molecule has 0 unspecified atom stereocenters. The van der Waals surface area contributed by atoms with E-state index in [0.29, 0.717) is 12.2 Å². The van der Waals surface area contributed by atoms with E-state index < -0.39 is 0 Å². The van der Waals surface area contributed by atoms with E-state index in [2.05, 4.69) is 38.1 Å². The molecular formula is C18H19NO. The second-order valence-electron chi connectivity index (χ2n) is 5.26. The molecule has 0 saturated carbocycles. The van der Waals surface area contributed by atoms with Gasteiger partial charge in [-0.15, -0.1) is 0 Å². The molecule has 0 spiro atoms. The number of aryl methyl sites for hydroxylation is 4. The first-order valence-electron chi connectivity index (χ1n) is 6.71. The highest BCUT2D eigenvalue weighted by Crippen LogP contribution is 2.25. The highest BCUT2D eigenvalue weighted by atomic mass is 16.5. The SMILES string of the molecule is Cc1ccc(COc2c(C)cc(C#N)cc2C)cc1C. The van der Waals surface area contributed by atoms with Gasteiger partial charge in [0.15, 0.2) is 0 Å². The van der Waals surface area contributed by atoms with Crippen LogP contribution in [-0.2, 0) is 6.61 Å². The number of nitrogens with zero attached hydrogens (tertiary/aromatic N) is 1. The van der Waals surface area contributed by atoms with Crippen LogP contribution in [0.2, 0.25) is 0 Å². The summed E-state index contributed by atoms with van der Waals surface area (Å²) in [4.78, 5) is 0. The summed E-state index contributed by atoms with van der Waals surface area (Å²) in [5, 5.41) is 8.95. The van der Waals surface area contributed by atoms with Crippen molar-refractivity contribution in [2.75, 3.05) is 0 Å². The number of ether oxygens (including phenoxy) is 1. The third-order valence-corrected chi connectivity index (χ3v) is 3.54. The van der Waals surface area contributed by atoms with E-state index in [4.69, 9.17) is 10.00 Å². The average molecular weight is 265 g/mol. The molecule has 20 heavy (non-hydrogen) atoms. The second kappa shape index (κ2) is 5.79. The molecule has 2 nitrogen and oxygen atoms in total. The molecule has 0 saturated heterocycles. The third-order valence-electron chi connectivity index (χ3n) is 3.54. The van der Waals surface area contributed by atoms with E-state index in [1.165, 1.54) is 11.1 Å². The van der Waals surface area contributed by atoms with Crippen molar-refractivity contribution >= 4 is 0 Å². The summed E-state index contributed by atoms with van der Waals surface area (Å²) in [6.45, 7) is 8.72. The summed E-state index contributed by atoms with van der Waals surface area (Å²) in [6, 6.07) is 12.3. The Labute approximate surface area is 120 Å². The van der Waals surface area contributed by atoms with Crippen molar-refractivity contribution in [1.82, 2.24) is 0 Å². The summed E-state index contributed by atoms with van der Waals surface area (Å²) in [5.41, 5.74) is 6.42. The normalized spacial score (nSPS) is 10.2. The lowest BCUT2D eigenvalue weighted by Gasteiger charge is -2.13. The van der Waals surface area contributed by atoms with Crippen molar-refractivity contribution in [3.05, 3.63) is 63.7 Å². The number of benzene rings is 2. The summed E-state index contributed by atoms with van der Waals surface area (Å²) >= 11 is 0. The largest absolute Gasteiger partial charge is 0.488 e. The standard InChI is InChI=1S/C18H19NO/c1-12-5-6-16(7-13(12)2)11-20-18-14(3)8-17(10-19)9-15(18)4/h5-9H,11H2,1-4H3. The molecule has 2 heteroatoms. The number of rotatable bonds is 3. The molecule has 0 aliphatic heterocycles. The van der Waals surface area contributed by atoms with E-state index in [-0.39, 0.29) is 0 Å². The van der Waals surface area contributed by atoms with Gasteiger partial charge >= 0.3 is 0 Å². The summed E-state index contributed by atoms with van der Waals surface area (Å²) in [6.07, 6.45) is 0. The lowest BCUT2D eigenvalue weighted by Crippen LogP contribution is -2.00. The molecule has 2 aromatic carbocycles. The Balaban J connectivity index is 2.19. The molecule has 0 aliphatic rings. The first kappa shape index (κ1) is 14.1. The van der Waals surface area contributed by atoms with Gasteiger partial charge in [-0.1, -0.05) is 18.2 Å². The Bertz CT molecular complexity index is 657. The lowest BCUT2D eigenvalue weighted by atomic mass is 10.1. The third kappa shape index (κ3) is 3.00. The van der Waals surface area contributed by atoms with Crippen molar-refractivity contribution in [3.8, 4) is 11.8 Å². The average Bonchev–Trinajstić information content (AvgIpc) is 2.41. The predicted molar refractivity (Wildman–Crippen MR) is 80.9 cm³/mol. The van der Waals surface area contributed by atoms with Crippen LogP contribution in [-0.4, -0.2) is 0 Å². The Morgan fingerprint density at radius 1 is 0.900 bits per heavy atom. The van der Waals surface area contributed by atoms with Gasteiger partial charge in [0.25, 0.3) is 0 Å². The van der Waals surface area contributed by atoms with Crippen LogP contribution in [0.5, 0.6) is 5.75 Å². The number of hydrogen-bond acceptors (Lipinski definition) is 2. The minimum absolute atomic E-state index is 0.550. The molecule has 102 valence electrons. The number of hydrogen-bond donors (Lipinski definition) is 0. The zero-order valence-electron chi connectivity index (χ0n) is 12.4. The predicted octanol–water partition coefficient (Wildman–Crippen LogP) is 4.37. The summed E-state index contributed by atoms with van der Waals surface area (Å²) < 4.78 is 5.94. The molecule has 0 fully saturated rings. The zero-order chi connectivity index (χ0) is 14.7. The van der Waals surface area contributed by atoms with Crippen molar-refractivity contribution < 1.29 is 4.74 Å². The van der Waals surface area contributed by atoms with E-state index in [9.17, 15) is 0 Å². The van der Waals surface area contributed by atoms with E-state index in [0.717, 1.165) is 22.4 Å². The Morgan fingerprint density at radius 3 is 2.10 bits per heavy atom. The topological polar surface area (TPSA) is 33.0 Å². The Hall–Kier alpha value is -2.27. The molecule has 0 heterocycles. The maximum atomic E-state index is 8.95. The maximum absolute atomic E-state index is 8.95. The van der Waals surface area contributed by atoms with Gasteiger partial charge < -0.3 is 4.74 Å². The monoisotopic (exact) mass is 265 g/mol. The van der Waals surface area contributed by atoms with Gasteiger partial charge in [0, 0.05) is 0 Å². The minimum Gasteiger partial charge on any atom is -0.488 e. The lowest BCUT2D eigenvalue weighted by molar-refractivity contribution is 0.302. The fraction of sp³-hybridized carbons (Fsp3) is 0.278. The fourth-order valence-corrected chi connectivity index (χ4v) is 2.29. The van der Waals surface area contributed by atoms with Gasteiger partial charge in [-0.3, -0.25) is 0 Å². The quantitative estimate of drug-likeness (QED) is 0.825. The molecule has 0 atom stereocenters. The summed E-state index contributed by atoms with van der Waals surface area (Å²) in [5.74, 6) is 0.877. The van der Waals surface area contributed by atoms with E-state index in [1.807, 2.05) is 26.0 Å². The van der Waals surface area contributed by atoms with Crippen LogP contribution < -0.4 is 4.74 Å². The van der Waals surface area contributed by atoms with Crippen LogP contribution in [0.4, 0.5) is 0 Å². The maximum Gasteiger partial charge on any atom is 0.125 e. The van der Waals surface area contributed by atoms with Crippen molar-refractivity contribution in [1.29, 1.82) is 5.26 Å². The Kier molecular flexibility index (Phi) is 4.10. The molecule has 2 aromatic rings.